The fourth-order valence-corrected chi connectivity index (χ4v) is 6.55. The molecule has 0 heterocycles. The van der Waals surface area contributed by atoms with Gasteiger partial charge in [-0.2, -0.15) is 26.3 Å². The third kappa shape index (κ3) is 9.65. The monoisotopic (exact) mass is 456 g/mol. The summed E-state index contributed by atoms with van der Waals surface area (Å²) in [5.74, 6) is 0. The standard InChI is InChI=1S/C10H24N.C2F6O4S3/c1-5-8-9-10-11(4,6-2)7-3;3-1(4,5)14(9,10)13-15(11,12)2(6,7)8/h5-10H2,1-4H3;/q+1;. The van der Waals surface area contributed by atoms with Crippen LogP contribution in [0.15, 0.2) is 0 Å². The lowest BCUT2D eigenvalue weighted by molar-refractivity contribution is -0.906. The van der Waals surface area contributed by atoms with Gasteiger partial charge in [0.1, 0.15) is 9.83 Å². The Kier molecular flexibility index (Phi) is 11.2. The first kappa shape index (κ1) is 28.0. The van der Waals surface area contributed by atoms with Crippen LogP contribution < -0.4 is 0 Å². The van der Waals surface area contributed by atoms with Gasteiger partial charge in [-0.1, -0.05) is 13.3 Å². The molecule has 0 aliphatic carbocycles. The summed E-state index contributed by atoms with van der Waals surface area (Å²) in [5, 5.41) is 0. The van der Waals surface area contributed by atoms with Crippen LogP contribution in [0.1, 0.15) is 40.0 Å². The van der Waals surface area contributed by atoms with E-state index in [-0.39, 0.29) is 0 Å². The highest BCUT2D eigenvalue weighted by atomic mass is 33.5. The minimum absolute atomic E-state index is 1.25. The van der Waals surface area contributed by atoms with Crippen molar-refractivity contribution in [3.8, 4) is 0 Å². The maximum absolute atomic E-state index is 11.5. The SMILES string of the molecule is CCCCC[N+](C)(CC)CC.O=S(=O)(SS(=O)(=O)C(F)(F)F)C(F)(F)F. The molecule has 0 aliphatic heterocycles. The normalized spacial score (nSPS) is 13.9. The Morgan fingerprint density at radius 1 is 0.769 bits per heavy atom. The second-order valence-electron chi connectivity index (χ2n) is 5.55. The fraction of sp³-hybridized carbons (Fsp3) is 1.00. The van der Waals surface area contributed by atoms with Crippen LogP contribution in [0.5, 0.6) is 0 Å². The second-order valence-corrected chi connectivity index (χ2v) is 12.7. The molecule has 0 aromatic rings. The van der Waals surface area contributed by atoms with Gasteiger partial charge in [0, 0.05) is 0 Å². The molecule has 0 aliphatic rings. The molecule has 0 fully saturated rings. The smallest absolute Gasteiger partial charge is 0.327 e. The second kappa shape index (κ2) is 10.4. The molecule has 0 aromatic heterocycles. The Morgan fingerprint density at radius 3 is 1.35 bits per heavy atom. The van der Waals surface area contributed by atoms with Crippen molar-refractivity contribution in [3.05, 3.63) is 0 Å². The van der Waals surface area contributed by atoms with Crippen LogP contribution in [0, 0.1) is 0 Å². The zero-order valence-corrected chi connectivity index (χ0v) is 17.3. The molecular formula is C12H24F6NO4S3+. The Morgan fingerprint density at radius 2 is 1.12 bits per heavy atom. The van der Waals surface area contributed by atoms with Gasteiger partial charge in [0.25, 0.3) is 0 Å². The maximum atomic E-state index is 11.5. The highest BCUT2D eigenvalue weighted by Gasteiger charge is 2.56. The summed E-state index contributed by atoms with van der Waals surface area (Å²) in [6.07, 6.45) is 4.13. The first-order chi connectivity index (χ1) is 11.4. The topological polar surface area (TPSA) is 68.3 Å². The van der Waals surface area contributed by atoms with E-state index in [1.54, 1.807) is 0 Å². The van der Waals surface area contributed by atoms with Crippen molar-refractivity contribution >= 4 is 27.6 Å². The lowest BCUT2D eigenvalue weighted by Crippen LogP contribution is -2.44. The molecule has 0 saturated carbocycles. The van der Waals surface area contributed by atoms with Crippen molar-refractivity contribution in [2.24, 2.45) is 0 Å². The third-order valence-corrected chi connectivity index (χ3v) is 10.5. The number of nitrogens with zero attached hydrogens (tertiary/aromatic N) is 1. The predicted octanol–water partition coefficient (Wildman–Crippen LogP) is 4.08. The Labute approximate surface area is 153 Å². The van der Waals surface area contributed by atoms with Gasteiger partial charge in [-0.25, -0.2) is 16.8 Å². The summed E-state index contributed by atoms with van der Waals surface area (Å²) in [6, 6.07) is 0. The molecule has 14 heteroatoms. The molecule has 0 bridgehead atoms. The maximum Gasteiger partial charge on any atom is 0.508 e. The average Bonchev–Trinajstić information content (AvgIpc) is 2.44. The van der Waals surface area contributed by atoms with E-state index in [2.05, 4.69) is 27.8 Å². The molecular weight excluding hydrogens is 432 g/mol. The number of alkyl halides is 6. The lowest BCUT2D eigenvalue weighted by atomic mass is 10.2. The van der Waals surface area contributed by atoms with Gasteiger partial charge in [0.15, 0.2) is 0 Å². The summed E-state index contributed by atoms with van der Waals surface area (Å²) < 4.78 is 111. The van der Waals surface area contributed by atoms with Gasteiger partial charge < -0.3 is 4.48 Å². The van der Waals surface area contributed by atoms with Crippen LogP contribution in [-0.2, 0) is 17.7 Å². The van der Waals surface area contributed by atoms with Crippen molar-refractivity contribution in [2.45, 2.75) is 51.1 Å². The summed E-state index contributed by atoms with van der Waals surface area (Å²) >= 11 is 0. The Bertz CT molecular complexity index is 568. The largest absolute Gasteiger partial charge is 0.508 e. The quantitative estimate of drug-likeness (QED) is 0.238. The molecule has 0 aromatic carbocycles. The van der Waals surface area contributed by atoms with Gasteiger partial charge in [-0.05, 0) is 26.7 Å². The van der Waals surface area contributed by atoms with E-state index in [4.69, 9.17) is 0 Å². The highest BCUT2D eigenvalue weighted by Crippen LogP contribution is 2.42. The number of halogens is 6. The van der Waals surface area contributed by atoms with E-state index < -0.39 is 38.6 Å². The van der Waals surface area contributed by atoms with Gasteiger partial charge in [-0.3, -0.25) is 0 Å². The molecule has 0 saturated heterocycles. The summed E-state index contributed by atoms with van der Waals surface area (Å²) in [7, 11) is -12.7. The first-order valence-corrected chi connectivity index (χ1v) is 12.4. The Hall–Kier alpha value is -0.210. The molecule has 0 atom stereocenters. The average molecular weight is 457 g/mol. The van der Waals surface area contributed by atoms with Gasteiger partial charge >= 0.3 is 28.8 Å². The molecule has 0 N–H and O–H groups in total. The van der Waals surface area contributed by atoms with Crippen molar-refractivity contribution in [1.29, 1.82) is 0 Å². The van der Waals surface area contributed by atoms with Crippen molar-refractivity contribution in [2.75, 3.05) is 26.7 Å². The van der Waals surface area contributed by atoms with Crippen LogP contribution >= 0.6 is 9.83 Å². The van der Waals surface area contributed by atoms with Crippen molar-refractivity contribution in [1.82, 2.24) is 0 Å². The number of hydrogen-bond acceptors (Lipinski definition) is 5. The molecule has 5 nitrogen and oxygen atoms in total. The Balaban J connectivity index is 0. The van der Waals surface area contributed by atoms with Gasteiger partial charge in [0.05, 0.1) is 26.7 Å². The molecule has 160 valence electrons. The van der Waals surface area contributed by atoms with E-state index in [1.165, 1.54) is 43.4 Å². The summed E-state index contributed by atoms with van der Waals surface area (Å²) in [6.45, 7) is 10.8. The van der Waals surface area contributed by atoms with E-state index in [0.717, 1.165) is 0 Å². The van der Waals surface area contributed by atoms with Crippen LogP contribution in [0.3, 0.4) is 0 Å². The highest BCUT2D eigenvalue weighted by molar-refractivity contribution is 9.04. The summed E-state index contributed by atoms with van der Waals surface area (Å²) in [4.78, 5) is 0. The van der Waals surface area contributed by atoms with E-state index in [0.29, 0.717) is 0 Å². The van der Waals surface area contributed by atoms with Crippen LogP contribution in [0.2, 0.25) is 0 Å². The number of hydrogen-bond donors (Lipinski definition) is 0. The van der Waals surface area contributed by atoms with E-state index in [9.17, 15) is 43.2 Å². The van der Waals surface area contributed by atoms with Crippen LogP contribution in [0.4, 0.5) is 26.3 Å². The lowest BCUT2D eigenvalue weighted by Gasteiger charge is -2.32. The van der Waals surface area contributed by atoms with Crippen molar-refractivity contribution in [3.63, 3.8) is 0 Å². The number of unbranched alkanes of at least 4 members (excludes halogenated alkanes) is 2. The van der Waals surface area contributed by atoms with E-state index >= 15 is 0 Å². The van der Waals surface area contributed by atoms with Gasteiger partial charge in [0.2, 0.25) is 0 Å². The molecule has 0 amide bonds. The molecule has 0 unspecified atom stereocenters. The number of rotatable bonds is 8. The van der Waals surface area contributed by atoms with E-state index in [1.807, 2.05) is 0 Å². The molecule has 0 rings (SSSR count). The first-order valence-electron chi connectivity index (χ1n) is 7.56. The van der Waals surface area contributed by atoms with Crippen molar-refractivity contribution < 1.29 is 47.7 Å². The number of quaternary nitrogens is 1. The van der Waals surface area contributed by atoms with Crippen LogP contribution in [-0.4, -0.2) is 59.0 Å². The predicted molar refractivity (Wildman–Crippen MR) is 89.2 cm³/mol. The van der Waals surface area contributed by atoms with Gasteiger partial charge in [-0.15, -0.1) is 0 Å². The summed E-state index contributed by atoms with van der Waals surface area (Å²) in [5.41, 5.74) is -12.1. The fourth-order valence-electron chi connectivity index (χ4n) is 1.48. The molecule has 26 heavy (non-hydrogen) atoms. The zero-order valence-electron chi connectivity index (χ0n) is 14.8. The third-order valence-electron chi connectivity index (χ3n) is 3.57. The molecule has 0 radical (unpaired) electrons. The molecule has 0 spiro atoms. The van der Waals surface area contributed by atoms with Crippen LogP contribution in [0.25, 0.3) is 0 Å². The minimum Gasteiger partial charge on any atom is -0.327 e. The zero-order chi connectivity index (χ0) is 21.4. The minimum atomic E-state index is -6.43.